The van der Waals surface area contributed by atoms with Gasteiger partial charge in [0.15, 0.2) is 11.5 Å². The van der Waals surface area contributed by atoms with Gasteiger partial charge in [0.2, 0.25) is 0 Å². The molecule has 4 heteroatoms. The number of hydrogen-bond donors (Lipinski definition) is 1. The highest BCUT2D eigenvalue weighted by Crippen LogP contribution is 1.86. The second-order valence-corrected chi connectivity index (χ2v) is 1.65. The molecule has 0 bridgehead atoms. The van der Waals surface area contributed by atoms with E-state index in [4.69, 9.17) is 5.11 Å². The minimum atomic E-state index is -1.26. The van der Waals surface area contributed by atoms with Crippen LogP contribution in [0.2, 0.25) is 0 Å². The Balaban J connectivity index is 4.39. The third-order valence-corrected chi connectivity index (χ3v) is 1.01. The van der Waals surface area contributed by atoms with Crippen LogP contribution in [-0.4, -0.2) is 29.6 Å². The van der Waals surface area contributed by atoms with Gasteiger partial charge in [-0.05, 0) is 0 Å². The number of Topliss-reactive ketones (excluding diaryl/α,β-unsaturated/α-hetero) is 1. The quantitative estimate of drug-likeness (QED) is 0.450. The number of carbonyl (C=O) groups is 2. The molecule has 0 rings (SSSR count). The Hall–Kier alpha value is -1.19. The van der Waals surface area contributed by atoms with Gasteiger partial charge in [0.05, 0.1) is 0 Å². The van der Waals surface area contributed by atoms with Gasteiger partial charge < -0.3 is 5.11 Å². The first-order valence-corrected chi connectivity index (χ1v) is 2.86. The van der Waals surface area contributed by atoms with Gasteiger partial charge >= 0.3 is 5.97 Å². The minimum absolute atomic E-state index is 0.180. The van der Waals surface area contributed by atoms with Gasteiger partial charge in [-0.2, -0.15) is 0 Å². The minimum Gasteiger partial charge on any atom is -0.476 e. The zero-order chi connectivity index (χ0) is 8.15. The van der Waals surface area contributed by atoms with Crippen LogP contribution in [0.15, 0.2) is 4.99 Å². The molecule has 0 atom stereocenters. The lowest BCUT2D eigenvalue weighted by Crippen LogP contribution is -2.22. The first kappa shape index (κ1) is 8.81. The topological polar surface area (TPSA) is 66.7 Å². The zero-order valence-electron chi connectivity index (χ0n) is 5.92. The Morgan fingerprint density at radius 1 is 1.50 bits per heavy atom. The molecule has 0 aliphatic carbocycles. The molecule has 0 radical (unpaired) electrons. The zero-order valence-corrected chi connectivity index (χ0v) is 5.92. The summed E-state index contributed by atoms with van der Waals surface area (Å²) in [6, 6.07) is 0. The van der Waals surface area contributed by atoms with Crippen molar-refractivity contribution in [3.05, 3.63) is 0 Å². The number of ketones is 1. The van der Waals surface area contributed by atoms with Crippen LogP contribution in [0.3, 0.4) is 0 Å². The number of hydrogen-bond acceptors (Lipinski definition) is 3. The van der Waals surface area contributed by atoms with Crippen molar-refractivity contribution in [2.45, 2.75) is 13.3 Å². The first-order valence-electron chi connectivity index (χ1n) is 2.86. The molecular weight excluding hydrogens is 134 g/mol. The molecule has 1 N–H and O–H groups in total. The van der Waals surface area contributed by atoms with E-state index < -0.39 is 11.8 Å². The van der Waals surface area contributed by atoms with Crippen molar-refractivity contribution in [1.82, 2.24) is 0 Å². The van der Waals surface area contributed by atoms with Gasteiger partial charge in [-0.15, -0.1) is 0 Å². The van der Waals surface area contributed by atoms with Crippen molar-refractivity contribution in [2.75, 3.05) is 7.05 Å². The van der Waals surface area contributed by atoms with E-state index in [9.17, 15) is 9.59 Å². The molecule has 0 aromatic rings. The van der Waals surface area contributed by atoms with Gasteiger partial charge in [-0.3, -0.25) is 9.79 Å². The summed E-state index contributed by atoms with van der Waals surface area (Å²) in [5.74, 6) is -1.69. The summed E-state index contributed by atoms with van der Waals surface area (Å²) in [6.07, 6.45) is 0.180. The lowest BCUT2D eigenvalue weighted by molar-refractivity contribution is -0.130. The SMILES string of the molecule is CCC(=O)/C(=N/C)C(=O)O. The van der Waals surface area contributed by atoms with Crippen LogP contribution in [0, 0.1) is 0 Å². The van der Waals surface area contributed by atoms with Crippen LogP contribution in [0.5, 0.6) is 0 Å². The van der Waals surface area contributed by atoms with Gasteiger partial charge in [-0.1, -0.05) is 6.92 Å². The number of carbonyl (C=O) groups excluding carboxylic acids is 1. The van der Waals surface area contributed by atoms with E-state index in [1.807, 2.05) is 0 Å². The summed E-state index contributed by atoms with van der Waals surface area (Å²) in [7, 11) is 1.29. The highest BCUT2D eigenvalue weighted by Gasteiger charge is 2.15. The molecule has 0 aromatic heterocycles. The summed E-state index contributed by atoms with van der Waals surface area (Å²) in [6.45, 7) is 1.59. The molecule has 0 aromatic carbocycles. The molecule has 0 heterocycles. The van der Waals surface area contributed by atoms with Crippen LogP contribution < -0.4 is 0 Å². The average Bonchev–Trinajstić information content (AvgIpc) is 1.88. The molecule has 0 saturated heterocycles. The van der Waals surface area contributed by atoms with Crippen molar-refractivity contribution < 1.29 is 14.7 Å². The summed E-state index contributed by atoms with van der Waals surface area (Å²) in [5, 5.41) is 8.32. The molecule has 0 spiro atoms. The number of aliphatic imine (C=N–C) groups is 1. The summed E-state index contributed by atoms with van der Waals surface area (Å²) in [4.78, 5) is 24.2. The Bertz CT molecular complexity index is 183. The second kappa shape index (κ2) is 3.76. The van der Waals surface area contributed by atoms with Crippen LogP contribution in [0.4, 0.5) is 0 Å². The second-order valence-electron chi connectivity index (χ2n) is 1.65. The van der Waals surface area contributed by atoms with Crippen LogP contribution in [-0.2, 0) is 9.59 Å². The average molecular weight is 143 g/mol. The van der Waals surface area contributed by atoms with E-state index in [0.29, 0.717) is 0 Å². The van der Waals surface area contributed by atoms with E-state index >= 15 is 0 Å². The van der Waals surface area contributed by atoms with Crippen molar-refractivity contribution in [2.24, 2.45) is 4.99 Å². The standard InChI is InChI=1S/C6H9NO3/c1-3-4(8)5(7-2)6(9)10/h3H2,1-2H3,(H,9,10)/b7-5-. The maximum atomic E-state index is 10.7. The summed E-state index contributed by atoms with van der Waals surface area (Å²) >= 11 is 0. The van der Waals surface area contributed by atoms with E-state index in [1.54, 1.807) is 6.92 Å². The Morgan fingerprint density at radius 2 is 2.00 bits per heavy atom. The van der Waals surface area contributed by atoms with E-state index in [0.717, 1.165) is 0 Å². The fraction of sp³-hybridized carbons (Fsp3) is 0.500. The first-order chi connectivity index (χ1) is 4.63. The van der Waals surface area contributed by atoms with Gasteiger partial charge in [0, 0.05) is 13.5 Å². The fourth-order valence-electron chi connectivity index (χ4n) is 0.507. The molecule has 0 amide bonds. The summed E-state index contributed by atoms with van der Waals surface area (Å²) in [5.41, 5.74) is -0.373. The predicted molar refractivity (Wildman–Crippen MR) is 36.3 cm³/mol. The van der Waals surface area contributed by atoms with Gasteiger partial charge in [0.1, 0.15) is 0 Å². The molecule has 56 valence electrons. The van der Waals surface area contributed by atoms with Crippen LogP contribution >= 0.6 is 0 Å². The molecule has 0 aliphatic rings. The van der Waals surface area contributed by atoms with Crippen molar-refractivity contribution in [1.29, 1.82) is 0 Å². The third kappa shape index (κ3) is 1.97. The van der Waals surface area contributed by atoms with Crippen molar-refractivity contribution in [3.63, 3.8) is 0 Å². The summed E-state index contributed by atoms with van der Waals surface area (Å²) < 4.78 is 0. The van der Waals surface area contributed by atoms with E-state index in [2.05, 4.69) is 4.99 Å². The number of rotatable bonds is 3. The maximum Gasteiger partial charge on any atom is 0.357 e. The number of carboxylic acids is 1. The monoisotopic (exact) mass is 143 g/mol. The van der Waals surface area contributed by atoms with Crippen molar-refractivity contribution in [3.8, 4) is 0 Å². The Kier molecular flexibility index (Phi) is 3.32. The Labute approximate surface area is 58.6 Å². The van der Waals surface area contributed by atoms with E-state index in [-0.39, 0.29) is 12.1 Å². The molecule has 0 fully saturated rings. The van der Waals surface area contributed by atoms with Gasteiger partial charge in [0.25, 0.3) is 0 Å². The van der Waals surface area contributed by atoms with Crippen molar-refractivity contribution >= 4 is 17.5 Å². The van der Waals surface area contributed by atoms with Crippen LogP contribution in [0.1, 0.15) is 13.3 Å². The normalized spacial score (nSPS) is 11.2. The lowest BCUT2D eigenvalue weighted by atomic mass is 10.2. The largest absolute Gasteiger partial charge is 0.476 e. The maximum absolute atomic E-state index is 10.7. The fourth-order valence-corrected chi connectivity index (χ4v) is 0.507. The van der Waals surface area contributed by atoms with Crippen LogP contribution in [0.25, 0.3) is 0 Å². The Morgan fingerprint density at radius 3 is 2.10 bits per heavy atom. The lowest BCUT2D eigenvalue weighted by Gasteiger charge is -1.93. The molecular formula is C6H9NO3. The third-order valence-electron chi connectivity index (χ3n) is 1.01. The van der Waals surface area contributed by atoms with E-state index in [1.165, 1.54) is 7.05 Å². The molecule has 0 saturated carbocycles. The smallest absolute Gasteiger partial charge is 0.357 e. The predicted octanol–water partition coefficient (Wildman–Crippen LogP) is 0.121. The molecule has 4 nitrogen and oxygen atoms in total. The number of carboxylic acid groups (broad SMARTS) is 1. The number of aliphatic carboxylic acids is 1. The molecule has 10 heavy (non-hydrogen) atoms. The highest BCUT2D eigenvalue weighted by atomic mass is 16.4. The molecule has 0 aliphatic heterocycles. The highest BCUT2D eigenvalue weighted by molar-refractivity contribution is 6.63. The molecule has 0 unspecified atom stereocenters. The number of nitrogens with zero attached hydrogens (tertiary/aromatic N) is 1. The van der Waals surface area contributed by atoms with Gasteiger partial charge in [-0.25, -0.2) is 4.79 Å².